The van der Waals surface area contributed by atoms with Crippen LogP contribution in [-0.4, -0.2) is 20.3 Å². The SMILES string of the molecule is Cc1cc(F)ccc1S(=O)(=O)NCC1(CCBr)CC1. The van der Waals surface area contributed by atoms with Crippen molar-refractivity contribution in [2.45, 2.75) is 31.1 Å². The third-order valence-electron chi connectivity index (χ3n) is 3.65. The van der Waals surface area contributed by atoms with Crippen molar-refractivity contribution in [2.24, 2.45) is 5.41 Å². The van der Waals surface area contributed by atoms with Gasteiger partial charge in [0.25, 0.3) is 0 Å². The van der Waals surface area contributed by atoms with Crippen LogP contribution in [0, 0.1) is 18.2 Å². The molecule has 0 atom stereocenters. The minimum absolute atomic E-state index is 0.116. The third-order valence-corrected chi connectivity index (χ3v) is 5.60. The highest BCUT2D eigenvalue weighted by Crippen LogP contribution is 2.48. The van der Waals surface area contributed by atoms with Gasteiger partial charge < -0.3 is 0 Å². The Bertz CT molecular complexity index is 570. The number of sulfonamides is 1. The van der Waals surface area contributed by atoms with E-state index in [1.807, 2.05) is 0 Å². The lowest BCUT2D eigenvalue weighted by molar-refractivity contribution is 0.480. The van der Waals surface area contributed by atoms with E-state index in [0.29, 0.717) is 12.1 Å². The second kappa shape index (κ2) is 5.50. The lowest BCUT2D eigenvalue weighted by atomic mass is 10.1. The fourth-order valence-corrected chi connectivity index (χ4v) is 4.36. The van der Waals surface area contributed by atoms with Gasteiger partial charge in [-0.2, -0.15) is 0 Å². The number of benzene rings is 1. The van der Waals surface area contributed by atoms with E-state index in [4.69, 9.17) is 0 Å². The van der Waals surface area contributed by atoms with Gasteiger partial charge in [-0.25, -0.2) is 17.5 Å². The molecule has 0 amide bonds. The summed E-state index contributed by atoms with van der Waals surface area (Å²) in [7, 11) is -3.55. The fourth-order valence-electron chi connectivity index (χ4n) is 2.13. The van der Waals surface area contributed by atoms with E-state index in [0.717, 1.165) is 24.6 Å². The van der Waals surface area contributed by atoms with Crippen LogP contribution in [-0.2, 0) is 10.0 Å². The minimum atomic E-state index is -3.55. The largest absolute Gasteiger partial charge is 0.240 e. The second-order valence-electron chi connectivity index (χ2n) is 5.17. The van der Waals surface area contributed by atoms with Crippen molar-refractivity contribution < 1.29 is 12.8 Å². The molecule has 106 valence electrons. The Hall–Kier alpha value is -0.460. The Balaban J connectivity index is 2.10. The molecule has 1 aliphatic carbocycles. The van der Waals surface area contributed by atoms with Crippen LogP contribution >= 0.6 is 15.9 Å². The average molecular weight is 350 g/mol. The zero-order valence-electron chi connectivity index (χ0n) is 10.7. The van der Waals surface area contributed by atoms with E-state index < -0.39 is 15.8 Å². The van der Waals surface area contributed by atoms with Crippen molar-refractivity contribution in [3.05, 3.63) is 29.6 Å². The normalized spacial score (nSPS) is 17.4. The Kier molecular flexibility index (Phi) is 4.32. The summed E-state index contributed by atoms with van der Waals surface area (Å²) < 4.78 is 40.0. The maximum atomic E-state index is 13.0. The summed E-state index contributed by atoms with van der Waals surface area (Å²) >= 11 is 3.39. The summed E-state index contributed by atoms with van der Waals surface area (Å²) in [4.78, 5) is 0.156. The Labute approximate surface area is 121 Å². The maximum absolute atomic E-state index is 13.0. The number of aryl methyl sites for hydroxylation is 1. The first-order valence-electron chi connectivity index (χ1n) is 6.20. The number of alkyl halides is 1. The molecule has 1 N–H and O–H groups in total. The first-order chi connectivity index (χ1) is 8.88. The van der Waals surface area contributed by atoms with Gasteiger partial charge in [0.05, 0.1) is 4.90 Å². The van der Waals surface area contributed by atoms with Crippen molar-refractivity contribution in [1.82, 2.24) is 4.72 Å². The van der Waals surface area contributed by atoms with Gasteiger partial charge in [-0.3, -0.25) is 0 Å². The first-order valence-corrected chi connectivity index (χ1v) is 8.81. The van der Waals surface area contributed by atoms with Crippen LogP contribution in [0.2, 0.25) is 0 Å². The third kappa shape index (κ3) is 3.55. The van der Waals surface area contributed by atoms with E-state index in [1.54, 1.807) is 6.92 Å². The molecule has 0 bridgehead atoms. The van der Waals surface area contributed by atoms with Gasteiger partial charge in [-0.15, -0.1) is 0 Å². The van der Waals surface area contributed by atoms with Crippen LogP contribution in [0.3, 0.4) is 0 Å². The van der Waals surface area contributed by atoms with Crippen LogP contribution in [0.5, 0.6) is 0 Å². The molecule has 1 aromatic carbocycles. The fraction of sp³-hybridized carbons (Fsp3) is 0.538. The standard InChI is InChI=1S/C13H17BrFNO2S/c1-10-8-11(15)2-3-12(10)19(17,18)16-9-13(4-5-13)6-7-14/h2-3,8,16H,4-7,9H2,1H3. The highest BCUT2D eigenvalue weighted by molar-refractivity contribution is 9.09. The molecule has 0 unspecified atom stereocenters. The van der Waals surface area contributed by atoms with E-state index in [-0.39, 0.29) is 10.3 Å². The van der Waals surface area contributed by atoms with Gasteiger partial charge >= 0.3 is 0 Å². The second-order valence-corrected chi connectivity index (χ2v) is 7.70. The van der Waals surface area contributed by atoms with Crippen molar-refractivity contribution >= 4 is 26.0 Å². The number of hydrogen-bond acceptors (Lipinski definition) is 2. The van der Waals surface area contributed by atoms with Crippen LogP contribution in [0.25, 0.3) is 0 Å². The summed E-state index contributed by atoms with van der Waals surface area (Å²) in [6, 6.07) is 3.73. The zero-order valence-corrected chi connectivity index (χ0v) is 13.2. The monoisotopic (exact) mass is 349 g/mol. The van der Waals surface area contributed by atoms with Gasteiger partial charge in [0, 0.05) is 11.9 Å². The lowest BCUT2D eigenvalue weighted by Gasteiger charge is -2.15. The van der Waals surface area contributed by atoms with Crippen LogP contribution in [0.1, 0.15) is 24.8 Å². The minimum Gasteiger partial charge on any atom is -0.211 e. The molecule has 0 aliphatic heterocycles. The molecule has 2 rings (SSSR count). The zero-order chi connectivity index (χ0) is 14.1. The molecular formula is C13H17BrFNO2S. The molecule has 19 heavy (non-hydrogen) atoms. The van der Waals surface area contributed by atoms with Crippen molar-refractivity contribution in [3.8, 4) is 0 Å². The predicted molar refractivity (Wildman–Crippen MR) is 76.4 cm³/mol. The molecule has 0 aromatic heterocycles. The molecule has 0 radical (unpaired) electrons. The van der Waals surface area contributed by atoms with Gasteiger partial charge in [-0.1, -0.05) is 15.9 Å². The van der Waals surface area contributed by atoms with E-state index in [9.17, 15) is 12.8 Å². The molecule has 0 spiro atoms. The first kappa shape index (κ1) is 14.9. The summed E-state index contributed by atoms with van der Waals surface area (Å²) in [5.41, 5.74) is 0.544. The van der Waals surface area contributed by atoms with Gasteiger partial charge in [0.2, 0.25) is 10.0 Å². The van der Waals surface area contributed by atoms with Gasteiger partial charge in [0.15, 0.2) is 0 Å². The number of halogens is 2. The molecule has 6 heteroatoms. The molecule has 1 aliphatic rings. The molecule has 1 fully saturated rings. The molecule has 3 nitrogen and oxygen atoms in total. The Morgan fingerprint density at radius 1 is 1.42 bits per heavy atom. The van der Waals surface area contributed by atoms with Crippen LogP contribution < -0.4 is 4.72 Å². The van der Waals surface area contributed by atoms with E-state index in [2.05, 4.69) is 20.7 Å². The number of nitrogens with one attached hydrogen (secondary N) is 1. The highest BCUT2D eigenvalue weighted by atomic mass is 79.9. The lowest BCUT2D eigenvalue weighted by Crippen LogP contribution is -2.31. The van der Waals surface area contributed by atoms with Crippen molar-refractivity contribution in [1.29, 1.82) is 0 Å². The summed E-state index contributed by atoms with van der Waals surface area (Å²) in [5.74, 6) is -0.422. The Morgan fingerprint density at radius 2 is 2.11 bits per heavy atom. The van der Waals surface area contributed by atoms with Crippen LogP contribution in [0.4, 0.5) is 4.39 Å². The average Bonchev–Trinajstić information content (AvgIpc) is 3.07. The molecule has 0 saturated heterocycles. The summed E-state index contributed by atoms with van der Waals surface area (Å²) in [5, 5.41) is 0.879. The topological polar surface area (TPSA) is 46.2 Å². The maximum Gasteiger partial charge on any atom is 0.240 e. The Morgan fingerprint density at radius 3 is 2.63 bits per heavy atom. The predicted octanol–water partition coefficient (Wildman–Crippen LogP) is 2.98. The van der Waals surface area contributed by atoms with Crippen molar-refractivity contribution in [3.63, 3.8) is 0 Å². The quantitative estimate of drug-likeness (QED) is 0.802. The number of hydrogen-bond donors (Lipinski definition) is 1. The smallest absolute Gasteiger partial charge is 0.211 e. The highest BCUT2D eigenvalue weighted by Gasteiger charge is 2.42. The van der Waals surface area contributed by atoms with Crippen LogP contribution in [0.15, 0.2) is 23.1 Å². The summed E-state index contributed by atoms with van der Waals surface area (Å²) in [6.07, 6.45) is 3.09. The molecular weight excluding hydrogens is 333 g/mol. The van der Waals surface area contributed by atoms with Gasteiger partial charge in [-0.05, 0) is 55.4 Å². The van der Waals surface area contributed by atoms with E-state index in [1.165, 1.54) is 18.2 Å². The van der Waals surface area contributed by atoms with Crippen molar-refractivity contribution in [2.75, 3.05) is 11.9 Å². The molecule has 0 heterocycles. The van der Waals surface area contributed by atoms with E-state index >= 15 is 0 Å². The molecule has 1 aromatic rings. The molecule has 1 saturated carbocycles. The summed E-state index contributed by atoms with van der Waals surface area (Å²) in [6.45, 7) is 2.06. The van der Waals surface area contributed by atoms with Gasteiger partial charge in [0.1, 0.15) is 5.82 Å². The number of rotatable bonds is 6.